The van der Waals surface area contributed by atoms with Crippen LogP contribution in [0, 0.1) is 0 Å². The van der Waals surface area contributed by atoms with E-state index in [1.807, 2.05) is 5.32 Å². The minimum Gasteiger partial charge on any atom is -0.465 e. The standard InChI is InChI=1S/C28H29F3N4O7/c1-35(2)22-12-21(33-27(38)39)20(11-19(22)28(29,30)31)32-24(37)13-23(36)16-6-5-7-17(10-16)26-18(15-42-34-26)14-41-25-8-3-4-9-40-25/h5-7,10-12,15,25,33H,3-4,8-9,13-14H2,1-2H3,(H,32,37)(H,38,39). The maximum absolute atomic E-state index is 13.7. The Labute approximate surface area is 238 Å². The highest BCUT2D eigenvalue weighted by Gasteiger charge is 2.35. The summed E-state index contributed by atoms with van der Waals surface area (Å²) in [6, 6.07) is 7.86. The van der Waals surface area contributed by atoms with Crippen molar-refractivity contribution in [3.05, 3.63) is 59.4 Å². The quantitative estimate of drug-likeness (QED) is 0.198. The number of carbonyl (C=O) groups excluding carboxylic acids is 2. The van der Waals surface area contributed by atoms with Gasteiger partial charge in [-0.25, -0.2) is 4.79 Å². The van der Waals surface area contributed by atoms with Crippen LogP contribution in [-0.2, 0) is 27.1 Å². The number of amides is 2. The molecule has 224 valence electrons. The summed E-state index contributed by atoms with van der Waals surface area (Å²) in [6.45, 7) is 0.796. The number of ketones is 1. The molecule has 3 N–H and O–H groups in total. The number of ether oxygens (including phenoxy) is 2. The first kappa shape index (κ1) is 30.5. The molecular weight excluding hydrogens is 561 g/mol. The van der Waals surface area contributed by atoms with E-state index in [1.165, 1.54) is 32.5 Å². The average Bonchev–Trinajstić information content (AvgIpc) is 3.41. The molecule has 11 nitrogen and oxygen atoms in total. The maximum atomic E-state index is 13.7. The van der Waals surface area contributed by atoms with E-state index in [2.05, 4.69) is 10.5 Å². The van der Waals surface area contributed by atoms with Gasteiger partial charge in [-0.2, -0.15) is 13.2 Å². The molecule has 14 heteroatoms. The number of aromatic nitrogens is 1. The Bertz CT molecular complexity index is 1450. The van der Waals surface area contributed by atoms with E-state index in [0.29, 0.717) is 29.5 Å². The van der Waals surface area contributed by atoms with Gasteiger partial charge in [-0.3, -0.25) is 14.9 Å². The lowest BCUT2D eigenvalue weighted by atomic mass is 10.0. The molecule has 1 aliphatic rings. The van der Waals surface area contributed by atoms with Crippen molar-refractivity contribution in [2.24, 2.45) is 0 Å². The molecule has 0 spiro atoms. The van der Waals surface area contributed by atoms with Gasteiger partial charge >= 0.3 is 12.3 Å². The van der Waals surface area contributed by atoms with Gasteiger partial charge in [0, 0.05) is 37.4 Å². The second-order valence-electron chi connectivity index (χ2n) is 9.76. The van der Waals surface area contributed by atoms with Crippen LogP contribution in [0.1, 0.15) is 47.2 Å². The van der Waals surface area contributed by atoms with Gasteiger partial charge in [0.25, 0.3) is 0 Å². The highest BCUT2D eigenvalue weighted by molar-refractivity contribution is 6.12. The molecule has 2 heterocycles. The Morgan fingerprint density at radius 1 is 1.12 bits per heavy atom. The summed E-state index contributed by atoms with van der Waals surface area (Å²) in [5.41, 5.74) is -0.406. The molecule has 2 aromatic carbocycles. The molecule has 1 aliphatic heterocycles. The zero-order valence-electron chi connectivity index (χ0n) is 22.8. The Balaban J connectivity index is 1.49. The molecule has 1 atom stereocenters. The third-order valence-corrected chi connectivity index (χ3v) is 6.42. The van der Waals surface area contributed by atoms with Crippen LogP contribution >= 0.6 is 0 Å². The molecule has 1 fully saturated rings. The molecule has 0 saturated carbocycles. The Morgan fingerprint density at radius 2 is 1.88 bits per heavy atom. The smallest absolute Gasteiger partial charge is 0.418 e. The van der Waals surface area contributed by atoms with Crippen molar-refractivity contribution in [3.63, 3.8) is 0 Å². The summed E-state index contributed by atoms with van der Waals surface area (Å²) in [7, 11) is 2.72. The predicted molar refractivity (Wildman–Crippen MR) is 145 cm³/mol. The second-order valence-corrected chi connectivity index (χ2v) is 9.76. The number of carbonyl (C=O) groups is 3. The molecule has 2 amide bonds. The summed E-state index contributed by atoms with van der Waals surface area (Å²) in [6.07, 6.45) is -3.21. The van der Waals surface area contributed by atoms with E-state index < -0.39 is 41.6 Å². The number of nitrogens with one attached hydrogen (secondary N) is 2. The molecule has 3 aromatic rings. The van der Waals surface area contributed by atoms with Crippen LogP contribution in [0.25, 0.3) is 11.3 Å². The molecule has 0 bridgehead atoms. The second kappa shape index (κ2) is 13.0. The number of hydrogen-bond acceptors (Lipinski definition) is 8. The number of nitrogens with zero attached hydrogens (tertiary/aromatic N) is 2. The highest BCUT2D eigenvalue weighted by Crippen LogP contribution is 2.41. The van der Waals surface area contributed by atoms with Gasteiger partial charge in [-0.1, -0.05) is 23.4 Å². The number of hydrogen-bond donors (Lipinski definition) is 3. The first-order valence-corrected chi connectivity index (χ1v) is 12.9. The monoisotopic (exact) mass is 590 g/mol. The van der Waals surface area contributed by atoms with Gasteiger partial charge in [0.2, 0.25) is 5.91 Å². The van der Waals surface area contributed by atoms with Gasteiger partial charge in [0.05, 0.1) is 35.7 Å². The van der Waals surface area contributed by atoms with Crippen LogP contribution in [0.15, 0.2) is 47.2 Å². The van der Waals surface area contributed by atoms with Gasteiger partial charge in [0.1, 0.15) is 12.0 Å². The summed E-state index contributed by atoms with van der Waals surface area (Å²) >= 11 is 0. The van der Waals surface area contributed by atoms with Crippen LogP contribution in [0.5, 0.6) is 0 Å². The lowest BCUT2D eigenvalue weighted by molar-refractivity contribution is -0.168. The molecule has 1 aromatic heterocycles. The molecule has 0 aliphatic carbocycles. The van der Waals surface area contributed by atoms with E-state index in [4.69, 9.17) is 19.1 Å². The van der Waals surface area contributed by atoms with Crippen molar-refractivity contribution < 1.29 is 46.7 Å². The van der Waals surface area contributed by atoms with E-state index in [1.54, 1.807) is 12.1 Å². The minimum absolute atomic E-state index is 0.149. The first-order chi connectivity index (χ1) is 19.9. The number of anilines is 3. The molecule has 1 saturated heterocycles. The Kier molecular flexibility index (Phi) is 9.48. The maximum Gasteiger partial charge on any atom is 0.418 e. The summed E-state index contributed by atoms with van der Waals surface area (Å²) in [5, 5.41) is 17.4. The number of alkyl halides is 3. The fourth-order valence-electron chi connectivity index (χ4n) is 4.41. The largest absolute Gasteiger partial charge is 0.465 e. The van der Waals surface area contributed by atoms with Crippen molar-refractivity contribution in [1.29, 1.82) is 0 Å². The highest BCUT2D eigenvalue weighted by atomic mass is 19.4. The van der Waals surface area contributed by atoms with Crippen LogP contribution in [0.2, 0.25) is 0 Å². The number of Topliss-reactive ketones (excluding diaryl/α,β-unsaturated/α-hetero) is 1. The molecule has 1 unspecified atom stereocenters. The predicted octanol–water partition coefficient (Wildman–Crippen LogP) is 5.77. The van der Waals surface area contributed by atoms with Gasteiger partial charge in [0.15, 0.2) is 12.1 Å². The third-order valence-electron chi connectivity index (χ3n) is 6.42. The van der Waals surface area contributed by atoms with Gasteiger partial charge in [-0.15, -0.1) is 0 Å². The van der Waals surface area contributed by atoms with Crippen LogP contribution in [0.4, 0.5) is 35.0 Å². The van der Waals surface area contributed by atoms with Crippen molar-refractivity contribution in [2.45, 2.75) is 44.8 Å². The summed E-state index contributed by atoms with van der Waals surface area (Å²) in [5.74, 6) is -1.56. The molecule has 0 radical (unpaired) electrons. The Hall–Kier alpha value is -4.43. The van der Waals surface area contributed by atoms with Crippen molar-refractivity contribution in [2.75, 3.05) is 36.2 Å². The van der Waals surface area contributed by atoms with Crippen LogP contribution < -0.4 is 15.5 Å². The lowest BCUT2D eigenvalue weighted by Crippen LogP contribution is -2.22. The molecule has 4 rings (SSSR count). The van der Waals surface area contributed by atoms with E-state index >= 15 is 0 Å². The molecule has 42 heavy (non-hydrogen) atoms. The minimum atomic E-state index is -4.80. The lowest BCUT2D eigenvalue weighted by Gasteiger charge is -2.22. The number of carboxylic acid groups (broad SMARTS) is 1. The van der Waals surface area contributed by atoms with Gasteiger partial charge in [-0.05, 0) is 37.5 Å². The van der Waals surface area contributed by atoms with E-state index in [-0.39, 0.29) is 29.8 Å². The summed E-state index contributed by atoms with van der Waals surface area (Å²) in [4.78, 5) is 38.2. The first-order valence-electron chi connectivity index (χ1n) is 12.9. The number of halogens is 3. The SMILES string of the molecule is CN(C)c1cc(NC(=O)O)c(NC(=O)CC(=O)c2cccc(-c3nocc3COC3CCCCO3)c2)cc1C(F)(F)F. The van der Waals surface area contributed by atoms with Crippen molar-refractivity contribution >= 4 is 34.8 Å². The fraction of sp³-hybridized carbons (Fsp3) is 0.357. The van der Waals surface area contributed by atoms with Crippen LogP contribution in [0.3, 0.4) is 0 Å². The number of benzene rings is 2. The topological polar surface area (TPSA) is 143 Å². The van der Waals surface area contributed by atoms with Gasteiger partial charge < -0.3 is 29.3 Å². The fourth-order valence-corrected chi connectivity index (χ4v) is 4.41. The zero-order chi connectivity index (χ0) is 30.4. The van der Waals surface area contributed by atoms with Crippen molar-refractivity contribution in [3.8, 4) is 11.3 Å². The molecular formula is C28H29F3N4O7. The Morgan fingerprint density at radius 3 is 2.55 bits per heavy atom. The third kappa shape index (κ3) is 7.64. The summed E-state index contributed by atoms with van der Waals surface area (Å²) < 4.78 is 57.7. The normalized spacial score (nSPS) is 15.2. The van der Waals surface area contributed by atoms with Crippen LogP contribution in [-0.4, -0.2) is 55.0 Å². The average molecular weight is 591 g/mol. The van der Waals surface area contributed by atoms with E-state index in [9.17, 15) is 27.6 Å². The van der Waals surface area contributed by atoms with E-state index in [0.717, 1.165) is 30.2 Å². The van der Waals surface area contributed by atoms with Crippen molar-refractivity contribution in [1.82, 2.24) is 5.16 Å². The number of rotatable bonds is 10. The zero-order valence-corrected chi connectivity index (χ0v) is 22.8.